The molecule has 4 nitrogen and oxygen atoms in total. The van der Waals surface area contributed by atoms with Gasteiger partial charge in [-0.05, 0) is 31.2 Å². The lowest BCUT2D eigenvalue weighted by atomic mass is 10.1. The zero-order chi connectivity index (χ0) is 14.5. The number of likely N-dealkylation sites (N-methyl/N-ethyl adjacent to an activating group) is 1. The van der Waals surface area contributed by atoms with Gasteiger partial charge in [-0.15, -0.1) is 0 Å². The van der Waals surface area contributed by atoms with E-state index in [1.807, 2.05) is 44.3 Å². The van der Waals surface area contributed by atoms with Crippen LogP contribution in [0.1, 0.15) is 28.6 Å². The average Bonchev–Trinajstić information content (AvgIpc) is 2.84. The van der Waals surface area contributed by atoms with Crippen LogP contribution in [0.5, 0.6) is 0 Å². The number of rotatable bonds is 6. The normalized spacial score (nSPS) is 12.8. The molecule has 1 atom stereocenters. The third-order valence-electron chi connectivity index (χ3n) is 3.49. The summed E-state index contributed by atoms with van der Waals surface area (Å²) >= 11 is 0. The molecule has 0 saturated carbocycles. The van der Waals surface area contributed by atoms with Gasteiger partial charge in [0.2, 0.25) is 0 Å². The van der Waals surface area contributed by atoms with Crippen molar-refractivity contribution in [3.05, 3.63) is 59.0 Å². The van der Waals surface area contributed by atoms with E-state index in [2.05, 4.69) is 4.90 Å². The van der Waals surface area contributed by atoms with Crippen LogP contribution in [0.3, 0.4) is 0 Å². The van der Waals surface area contributed by atoms with Gasteiger partial charge in [0.05, 0.1) is 12.4 Å². The molecule has 108 valence electrons. The standard InChI is InChI=1S/C16H22N2O2/c1-12-15(7-8-20-12)10-18(2)11-16(19)14-5-3-13(9-17)4-6-14/h3-8,16,19H,9-11,17H2,1-2H3. The summed E-state index contributed by atoms with van der Waals surface area (Å²) in [6.45, 7) is 3.81. The highest BCUT2D eigenvalue weighted by molar-refractivity contribution is 5.24. The number of aliphatic hydroxyl groups excluding tert-OH is 1. The Kier molecular flexibility index (Phi) is 4.95. The summed E-state index contributed by atoms with van der Waals surface area (Å²) in [6.07, 6.45) is 1.19. The van der Waals surface area contributed by atoms with Crippen LogP contribution in [0.15, 0.2) is 41.0 Å². The summed E-state index contributed by atoms with van der Waals surface area (Å²) in [5, 5.41) is 10.3. The fourth-order valence-corrected chi connectivity index (χ4v) is 2.21. The Balaban J connectivity index is 1.92. The van der Waals surface area contributed by atoms with Gasteiger partial charge in [-0.3, -0.25) is 4.90 Å². The van der Waals surface area contributed by atoms with Gasteiger partial charge >= 0.3 is 0 Å². The van der Waals surface area contributed by atoms with E-state index < -0.39 is 6.10 Å². The molecular weight excluding hydrogens is 252 g/mol. The van der Waals surface area contributed by atoms with Crippen LogP contribution >= 0.6 is 0 Å². The molecule has 0 fully saturated rings. The minimum absolute atomic E-state index is 0.501. The van der Waals surface area contributed by atoms with Crippen molar-refractivity contribution in [2.45, 2.75) is 26.1 Å². The molecule has 0 saturated heterocycles. The van der Waals surface area contributed by atoms with E-state index >= 15 is 0 Å². The largest absolute Gasteiger partial charge is 0.469 e. The Bertz CT molecular complexity index is 534. The number of hydrogen-bond donors (Lipinski definition) is 2. The van der Waals surface area contributed by atoms with Gasteiger partial charge in [0.15, 0.2) is 0 Å². The monoisotopic (exact) mass is 274 g/mol. The minimum atomic E-state index is -0.501. The highest BCUT2D eigenvalue weighted by Crippen LogP contribution is 2.17. The Labute approximate surface area is 119 Å². The maximum atomic E-state index is 10.3. The van der Waals surface area contributed by atoms with E-state index in [4.69, 9.17) is 10.2 Å². The fraction of sp³-hybridized carbons (Fsp3) is 0.375. The molecule has 0 spiro atoms. The predicted octanol–water partition coefficient (Wildman–Crippen LogP) is 2.21. The molecule has 0 radical (unpaired) electrons. The Morgan fingerprint density at radius 3 is 2.50 bits per heavy atom. The Hall–Kier alpha value is -1.62. The second kappa shape index (κ2) is 6.70. The van der Waals surface area contributed by atoms with E-state index in [1.165, 1.54) is 0 Å². The number of nitrogens with zero attached hydrogens (tertiary/aromatic N) is 1. The second-order valence-corrected chi connectivity index (χ2v) is 5.16. The Morgan fingerprint density at radius 2 is 1.95 bits per heavy atom. The summed E-state index contributed by atoms with van der Waals surface area (Å²) in [5.41, 5.74) is 8.71. The van der Waals surface area contributed by atoms with Crippen molar-refractivity contribution in [3.8, 4) is 0 Å². The summed E-state index contributed by atoms with van der Waals surface area (Å²) in [6, 6.07) is 9.75. The number of benzene rings is 1. The first-order valence-corrected chi connectivity index (χ1v) is 6.78. The van der Waals surface area contributed by atoms with Crippen molar-refractivity contribution in [2.24, 2.45) is 5.73 Å². The molecule has 0 bridgehead atoms. The van der Waals surface area contributed by atoms with Crippen LogP contribution in [0.2, 0.25) is 0 Å². The van der Waals surface area contributed by atoms with Crippen LogP contribution in [0, 0.1) is 6.92 Å². The van der Waals surface area contributed by atoms with Crippen molar-refractivity contribution in [3.63, 3.8) is 0 Å². The lowest BCUT2D eigenvalue weighted by Gasteiger charge is -2.20. The number of nitrogens with two attached hydrogens (primary N) is 1. The van der Waals surface area contributed by atoms with E-state index in [1.54, 1.807) is 6.26 Å². The zero-order valence-electron chi connectivity index (χ0n) is 12.0. The summed E-state index contributed by atoms with van der Waals surface area (Å²) in [7, 11) is 1.99. The average molecular weight is 274 g/mol. The fourth-order valence-electron chi connectivity index (χ4n) is 2.21. The van der Waals surface area contributed by atoms with Crippen LogP contribution in [0.25, 0.3) is 0 Å². The SMILES string of the molecule is Cc1occc1CN(C)CC(O)c1ccc(CN)cc1. The first kappa shape index (κ1) is 14.8. The predicted molar refractivity (Wildman–Crippen MR) is 79.1 cm³/mol. The van der Waals surface area contributed by atoms with E-state index in [9.17, 15) is 5.11 Å². The molecule has 1 unspecified atom stereocenters. The summed E-state index contributed by atoms with van der Waals surface area (Å²) in [5.74, 6) is 0.929. The molecule has 0 aliphatic rings. The molecule has 2 aromatic rings. The van der Waals surface area contributed by atoms with E-state index in [0.717, 1.165) is 29.0 Å². The maximum absolute atomic E-state index is 10.3. The first-order valence-electron chi connectivity index (χ1n) is 6.78. The molecule has 3 N–H and O–H groups in total. The highest BCUT2D eigenvalue weighted by Gasteiger charge is 2.12. The van der Waals surface area contributed by atoms with Crippen LogP contribution in [0.4, 0.5) is 0 Å². The zero-order valence-corrected chi connectivity index (χ0v) is 12.0. The van der Waals surface area contributed by atoms with Crippen molar-refractivity contribution in [1.82, 2.24) is 4.90 Å². The number of aryl methyl sites for hydroxylation is 1. The molecule has 4 heteroatoms. The van der Waals surface area contributed by atoms with Gasteiger partial charge in [0, 0.05) is 25.2 Å². The number of hydrogen-bond acceptors (Lipinski definition) is 4. The molecule has 20 heavy (non-hydrogen) atoms. The van der Waals surface area contributed by atoms with Gasteiger partial charge in [-0.25, -0.2) is 0 Å². The molecule has 0 aliphatic heterocycles. The molecule has 1 heterocycles. The minimum Gasteiger partial charge on any atom is -0.469 e. The van der Waals surface area contributed by atoms with Crippen LogP contribution in [-0.2, 0) is 13.1 Å². The highest BCUT2D eigenvalue weighted by atomic mass is 16.3. The van der Waals surface area contributed by atoms with Gasteiger partial charge in [-0.2, -0.15) is 0 Å². The molecule has 1 aromatic carbocycles. The van der Waals surface area contributed by atoms with E-state index in [0.29, 0.717) is 13.1 Å². The van der Waals surface area contributed by atoms with Gasteiger partial charge < -0.3 is 15.3 Å². The molecule has 1 aromatic heterocycles. The number of furan rings is 1. The summed E-state index contributed by atoms with van der Waals surface area (Å²) in [4.78, 5) is 2.08. The lowest BCUT2D eigenvalue weighted by molar-refractivity contribution is 0.123. The van der Waals surface area contributed by atoms with Crippen molar-refractivity contribution >= 4 is 0 Å². The van der Waals surface area contributed by atoms with Gasteiger partial charge in [0.1, 0.15) is 5.76 Å². The van der Waals surface area contributed by atoms with Gasteiger partial charge in [-0.1, -0.05) is 24.3 Å². The third-order valence-corrected chi connectivity index (χ3v) is 3.49. The van der Waals surface area contributed by atoms with Crippen molar-refractivity contribution in [1.29, 1.82) is 0 Å². The second-order valence-electron chi connectivity index (χ2n) is 5.16. The quantitative estimate of drug-likeness (QED) is 0.848. The van der Waals surface area contributed by atoms with Crippen molar-refractivity contribution < 1.29 is 9.52 Å². The molecule has 0 aliphatic carbocycles. The van der Waals surface area contributed by atoms with E-state index in [-0.39, 0.29) is 0 Å². The first-order chi connectivity index (χ1) is 9.60. The topological polar surface area (TPSA) is 62.6 Å². The third kappa shape index (κ3) is 3.70. The number of aliphatic hydroxyl groups is 1. The lowest BCUT2D eigenvalue weighted by Crippen LogP contribution is -2.24. The maximum Gasteiger partial charge on any atom is 0.105 e. The van der Waals surface area contributed by atoms with Crippen molar-refractivity contribution in [2.75, 3.05) is 13.6 Å². The van der Waals surface area contributed by atoms with Crippen LogP contribution < -0.4 is 5.73 Å². The van der Waals surface area contributed by atoms with Gasteiger partial charge in [0.25, 0.3) is 0 Å². The molecular formula is C16H22N2O2. The smallest absolute Gasteiger partial charge is 0.105 e. The Morgan fingerprint density at radius 1 is 1.25 bits per heavy atom. The molecule has 0 amide bonds. The molecule has 2 rings (SSSR count). The summed E-state index contributed by atoms with van der Waals surface area (Å²) < 4.78 is 5.28. The van der Waals surface area contributed by atoms with Crippen LogP contribution in [-0.4, -0.2) is 23.6 Å².